The van der Waals surface area contributed by atoms with E-state index in [1.165, 1.54) is 0 Å². The Hall–Kier alpha value is -2.09. The van der Waals surface area contributed by atoms with Crippen LogP contribution in [0.15, 0.2) is 6.07 Å². The molecule has 3 rings (SSSR count). The van der Waals surface area contributed by atoms with Crippen LogP contribution in [-0.4, -0.2) is 83.5 Å². The lowest BCUT2D eigenvalue weighted by Gasteiger charge is -2.48. The summed E-state index contributed by atoms with van der Waals surface area (Å²) in [5.41, 5.74) is 6.06. The van der Waals surface area contributed by atoms with Gasteiger partial charge in [0, 0.05) is 50.6 Å². The number of likely N-dealkylation sites (tertiary alicyclic amines) is 2. The summed E-state index contributed by atoms with van der Waals surface area (Å²) in [5.74, 6) is 0.505. The Morgan fingerprint density at radius 1 is 1.40 bits per heavy atom. The first-order chi connectivity index (χ1) is 11.9. The molecule has 2 aliphatic heterocycles. The van der Waals surface area contributed by atoms with E-state index in [0.29, 0.717) is 24.5 Å². The van der Waals surface area contributed by atoms with Gasteiger partial charge in [-0.15, -0.1) is 0 Å². The second-order valence-electron chi connectivity index (χ2n) is 7.66. The number of hydrogen-bond acceptors (Lipinski definition) is 5. The molecule has 8 nitrogen and oxygen atoms in total. The highest BCUT2D eigenvalue weighted by atomic mass is 16.2. The third-order valence-corrected chi connectivity index (χ3v) is 5.34. The summed E-state index contributed by atoms with van der Waals surface area (Å²) in [5, 5.41) is 6.55. The number of nitrogens with zero attached hydrogens (tertiary/aromatic N) is 4. The second-order valence-corrected chi connectivity index (χ2v) is 7.66. The summed E-state index contributed by atoms with van der Waals surface area (Å²) in [6.45, 7) is 3.78. The summed E-state index contributed by atoms with van der Waals surface area (Å²) in [4.78, 5) is 30.9. The van der Waals surface area contributed by atoms with E-state index in [4.69, 9.17) is 5.73 Å². The number of hydrogen-bond donors (Lipinski definition) is 2. The van der Waals surface area contributed by atoms with Crippen molar-refractivity contribution in [2.45, 2.75) is 25.7 Å². The number of rotatable bonds is 4. The molecule has 0 saturated carbocycles. The van der Waals surface area contributed by atoms with E-state index in [-0.39, 0.29) is 17.2 Å². The molecule has 3 heterocycles. The topological polar surface area (TPSA) is 98.6 Å². The highest BCUT2D eigenvalue weighted by Crippen LogP contribution is 2.39. The van der Waals surface area contributed by atoms with Crippen molar-refractivity contribution in [2.24, 2.45) is 5.41 Å². The fourth-order valence-corrected chi connectivity index (χ4v) is 3.96. The van der Waals surface area contributed by atoms with E-state index in [2.05, 4.69) is 15.1 Å². The number of likely N-dealkylation sites (N-methyl/N-ethyl adjacent to an activating group) is 1. The molecule has 2 amide bonds. The normalized spacial score (nSPS) is 24.4. The maximum absolute atomic E-state index is 12.7. The van der Waals surface area contributed by atoms with Gasteiger partial charge in [-0.25, -0.2) is 0 Å². The summed E-state index contributed by atoms with van der Waals surface area (Å²) >= 11 is 0. The maximum Gasteiger partial charge on any atom is 0.271 e. The van der Waals surface area contributed by atoms with Gasteiger partial charge in [-0.3, -0.25) is 14.7 Å². The second kappa shape index (κ2) is 7.03. The molecule has 0 aromatic carbocycles. The standard InChI is InChI=1S/C17H28N6O2/c1-21(2)8-9-22-11-17(6-4-15(22)24)5-3-7-23(12-17)16(25)13-10-14(18)20-19-13/h10H,3-9,11-12H2,1-2H3,(H3,18,19,20). The molecule has 1 atom stereocenters. The number of carbonyl (C=O) groups excluding carboxylic acids is 2. The van der Waals surface area contributed by atoms with Crippen LogP contribution in [0.2, 0.25) is 0 Å². The van der Waals surface area contributed by atoms with Crippen molar-refractivity contribution in [2.75, 3.05) is 52.6 Å². The molecule has 2 fully saturated rings. The lowest BCUT2D eigenvalue weighted by atomic mass is 9.73. The SMILES string of the molecule is CN(C)CCN1CC2(CCCN(C(=O)c3cc(N)n[nH]3)C2)CCC1=O. The van der Waals surface area contributed by atoms with Gasteiger partial charge in [-0.05, 0) is 33.4 Å². The molecule has 0 aliphatic carbocycles. The van der Waals surface area contributed by atoms with Crippen molar-refractivity contribution in [1.82, 2.24) is 24.9 Å². The van der Waals surface area contributed by atoms with Crippen LogP contribution in [0.3, 0.4) is 0 Å². The third-order valence-electron chi connectivity index (χ3n) is 5.34. The number of anilines is 1. The largest absolute Gasteiger partial charge is 0.382 e. The average molecular weight is 348 g/mol. The number of aromatic nitrogens is 2. The van der Waals surface area contributed by atoms with Gasteiger partial charge in [0.1, 0.15) is 11.5 Å². The number of nitrogens with two attached hydrogens (primary N) is 1. The monoisotopic (exact) mass is 348 g/mol. The van der Waals surface area contributed by atoms with Crippen LogP contribution in [0.5, 0.6) is 0 Å². The van der Waals surface area contributed by atoms with Gasteiger partial charge in [-0.2, -0.15) is 5.10 Å². The first-order valence-electron chi connectivity index (χ1n) is 8.91. The number of carbonyl (C=O) groups is 2. The number of nitrogen functional groups attached to an aromatic ring is 1. The zero-order chi connectivity index (χ0) is 18.0. The van der Waals surface area contributed by atoms with E-state index in [1.807, 2.05) is 23.9 Å². The predicted octanol–water partition coefficient (Wildman–Crippen LogP) is 0.398. The Labute approximate surface area is 148 Å². The first kappa shape index (κ1) is 17.7. The smallest absolute Gasteiger partial charge is 0.271 e. The molecule has 1 spiro atoms. The molecule has 3 N–H and O–H groups in total. The van der Waals surface area contributed by atoms with Crippen LogP contribution in [0.4, 0.5) is 5.82 Å². The lowest BCUT2D eigenvalue weighted by Crippen LogP contribution is -2.55. The average Bonchev–Trinajstić information content (AvgIpc) is 3.02. The molecule has 8 heteroatoms. The van der Waals surface area contributed by atoms with E-state index in [0.717, 1.165) is 45.4 Å². The lowest BCUT2D eigenvalue weighted by molar-refractivity contribution is -0.139. The Balaban J connectivity index is 1.68. The first-order valence-corrected chi connectivity index (χ1v) is 8.91. The van der Waals surface area contributed by atoms with Crippen LogP contribution in [-0.2, 0) is 4.79 Å². The zero-order valence-electron chi connectivity index (χ0n) is 15.1. The minimum atomic E-state index is -0.0555. The van der Waals surface area contributed by atoms with E-state index in [1.54, 1.807) is 6.07 Å². The molecule has 1 aromatic rings. The molecule has 25 heavy (non-hydrogen) atoms. The summed E-state index contributed by atoms with van der Waals surface area (Å²) in [6, 6.07) is 1.58. The van der Waals surface area contributed by atoms with E-state index in [9.17, 15) is 9.59 Å². The Kier molecular flexibility index (Phi) is 4.99. The Bertz CT molecular complexity index is 643. The van der Waals surface area contributed by atoms with Gasteiger partial charge >= 0.3 is 0 Å². The molecule has 1 unspecified atom stereocenters. The fraction of sp³-hybridized carbons (Fsp3) is 0.706. The van der Waals surface area contributed by atoms with Gasteiger partial charge in [0.05, 0.1) is 0 Å². The van der Waals surface area contributed by atoms with Crippen molar-refractivity contribution < 1.29 is 9.59 Å². The number of aromatic amines is 1. The number of amides is 2. The maximum atomic E-state index is 12.7. The van der Waals surface area contributed by atoms with Crippen LogP contribution in [0, 0.1) is 5.41 Å². The highest BCUT2D eigenvalue weighted by Gasteiger charge is 2.42. The van der Waals surface area contributed by atoms with Gasteiger partial charge < -0.3 is 20.4 Å². The summed E-state index contributed by atoms with van der Waals surface area (Å²) < 4.78 is 0. The van der Waals surface area contributed by atoms with E-state index < -0.39 is 0 Å². The summed E-state index contributed by atoms with van der Waals surface area (Å²) in [6.07, 6.45) is 3.46. The van der Waals surface area contributed by atoms with Gasteiger partial charge in [-0.1, -0.05) is 0 Å². The minimum Gasteiger partial charge on any atom is -0.382 e. The van der Waals surface area contributed by atoms with Gasteiger partial charge in [0.2, 0.25) is 5.91 Å². The number of piperidine rings is 2. The minimum absolute atomic E-state index is 0.0136. The predicted molar refractivity (Wildman–Crippen MR) is 94.9 cm³/mol. The molecule has 2 saturated heterocycles. The Morgan fingerprint density at radius 3 is 2.88 bits per heavy atom. The highest BCUT2D eigenvalue weighted by molar-refractivity contribution is 5.93. The number of nitrogens with one attached hydrogen (secondary N) is 1. The van der Waals surface area contributed by atoms with Gasteiger partial charge in [0.25, 0.3) is 5.91 Å². The summed E-state index contributed by atoms with van der Waals surface area (Å²) in [7, 11) is 4.03. The zero-order valence-corrected chi connectivity index (χ0v) is 15.1. The van der Waals surface area contributed by atoms with Crippen LogP contribution in [0.1, 0.15) is 36.2 Å². The molecular weight excluding hydrogens is 320 g/mol. The molecule has 0 radical (unpaired) electrons. The number of H-pyrrole nitrogens is 1. The Morgan fingerprint density at radius 2 is 2.20 bits per heavy atom. The van der Waals surface area contributed by atoms with Crippen LogP contribution < -0.4 is 5.73 Å². The third kappa shape index (κ3) is 3.95. The van der Waals surface area contributed by atoms with Gasteiger partial charge in [0.15, 0.2) is 0 Å². The van der Waals surface area contributed by atoms with Crippen molar-refractivity contribution in [1.29, 1.82) is 0 Å². The molecule has 0 bridgehead atoms. The van der Waals surface area contributed by atoms with E-state index >= 15 is 0 Å². The van der Waals surface area contributed by atoms with Crippen LogP contribution >= 0.6 is 0 Å². The van der Waals surface area contributed by atoms with Crippen molar-refractivity contribution in [3.63, 3.8) is 0 Å². The van der Waals surface area contributed by atoms with Crippen molar-refractivity contribution in [3.05, 3.63) is 11.8 Å². The van der Waals surface area contributed by atoms with Crippen molar-refractivity contribution >= 4 is 17.6 Å². The molecule has 138 valence electrons. The van der Waals surface area contributed by atoms with Crippen LogP contribution in [0.25, 0.3) is 0 Å². The van der Waals surface area contributed by atoms with Crippen molar-refractivity contribution in [3.8, 4) is 0 Å². The fourth-order valence-electron chi connectivity index (χ4n) is 3.96. The quantitative estimate of drug-likeness (QED) is 0.821. The molecule has 1 aromatic heterocycles. The molecule has 2 aliphatic rings. The molecular formula is C17H28N6O2.